The van der Waals surface area contributed by atoms with Gasteiger partial charge in [0.25, 0.3) is 5.91 Å². The van der Waals surface area contributed by atoms with Crippen molar-refractivity contribution in [1.29, 1.82) is 0 Å². The Kier molecular flexibility index (Phi) is 4.50. The van der Waals surface area contributed by atoms with Crippen LogP contribution in [-0.2, 0) is 0 Å². The predicted octanol–water partition coefficient (Wildman–Crippen LogP) is 3.97. The maximum atomic E-state index is 11.9. The minimum atomic E-state index is -0.208. The molecule has 1 aromatic heterocycles. The average Bonchev–Trinajstić information content (AvgIpc) is 2.83. The van der Waals surface area contributed by atoms with Crippen LogP contribution in [0.5, 0.6) is 0 Å². The van der Waals surface area contributed by atoms with Crippen LogP contribution >= 0.6 is 27.3 Å². The van der Waals surface area contributed by atoms with Crippen molar-refractivity contribution in [2.45, 2.75) is 13.8 Å². The molecular formula is C14H13BrN2OS. The fourth-order valence-corrected chi connectivity index (χ4v) is 2.56. The molecule has 0 aliphatic rings. The SMILES string of the molecule is C/C(=N\NC(=O)c1ccc(Br)cc1)c1ccc(C)s1. The summed E-state index contributed by atoms with van der Waals surface area (Å²) in [5, 5.41) is 4.12. The largest absolute Gasteiger partial charge is 0.271 e. The van der Waals surface area contributed by atoms with Crippen LogP contribution in [0.15, 0.2) is 46.0 Å². The van der Waals surface area contributed by atoms with Gasteiger partial charge in [-0.15, -0.1) is 11.3 Å². The van der Waals surface area contributed by atoms with Gasteiger partial charge in [-0.25, -0.2) is 5.43 Å². The summed E-state index contributed by atoms with van der Waals surface area (Å²) in [4.78, 5) is 14.2. The zero-order chi connectivity index (χ0) is 13.8. The van der Waals surface area contributed by atoms with Gasteiger partial charge in [0.2, 0.25) is 0 Å². The molecule has 3 nitrogen and oxygen atoms in total. The third kappa shape index (κ3) is 3.75. The number of halogens is 1. The Bertz CT molecular complexity index is 617. The molecule has 1 heterocycles. The van der Waals surface area contributed by atoms with E-state index in [0.717, 1.165) is 15.1 Å². The lowest BCUT2D eigenvalue weighted by Crippen LogP contribution is -2.18. The number of hydrogen-bond donors (Lipinski definition) is 1. The van der Waals surface area contributed by atoms with Crippen molar-refractivity contribution in [1.82, 2.24) is 5.43 Å². The molecule has 0 unspecified atom stereocenters. The molecule has 2 aromatic rings. The number of hydrazone groups is 1. The highest BCUT2D eigenvalue weighted by Gasteiger charge is 2.05. The smallest absolute Gasteiger partial charge is 0.267 e. The van der Waals surface area contributed by atoms with E-state index in [1.54, 1.807) is 23.5 Å². The minimum Gasteiger partial charge on any atom is -0.267 e. The molecule has 0 aliphatic carbocycles. The number of nitrogens with zero attached hydrogens (tertiary/aromatic N) is 1. The van der Waals surface area contributed by atoms with Gasteiger partial charge in [-0.3, -0.25) is 4.79 Å². The Labute approximate surface area is 124 Å². The van der Waals surface area contributed by atoms with Gasteiger partial charge in [0.05, 0.1) is 10.6 Å². The highest BCUT2D eigenvalue weighted by atomic mass is 79.9. The number of carbonyl (C=O) groups is 1. The molecule has 98 valence electrons. The summed E-state index contributed by atoms with van der Waals surface area (Å²) < 4.78 is 0.942. The van der Waals surface area contributed by atoms with Crippen LogP contribution in [0.1, 0.15) is 27.0 Å². The van der Waals surface area contributed by atoms with E-state index in [1.165, 1.54) is 4.88 Å². The van der Waals surface area contributed by atoms with E-state index < -0.39 is 0 Å². The quantitative estimate of drug-likeness (QED) is 0.668. The predicted molar refractivity (Wildman–Crippen MR) is 82.9 cm³/mol. The number of carbonyl (C=O) groups excluding carboxylic acids is 1. The molecule has 0 bridgehead atoms. The zero-order valence-electron chi connectivity index (χ0n) is 10.6. The molecule has 0 spiro atoms. The Morgan fingerprint density at radius 2 is 1.89 bits per heavy atom. The molecule has 5 heteroatoms. The summed E-state index contributed by atoms with van der Waals surface area (Å²) in [5.41, 5.74) is 3.96. The third-order valence-corrected chi connectivity index (χ3v) is 4.17. The molecule has 0 fully saturated rings. The number of amides is 1. The van der Waals surface area contributed by atoms with Crippen molar-refractivity contribution in [3.05, 3.63) is 56.2 Å². The number of benzene rings is 1. The molecule has 19 heavy (non-hydrogen) atoms. The van der Waals surface area contributed by atoms with Gasteiger partial charge in [0.15, 0.2) is 0 Å². The van der Waals surface area contributed by atoms with Crippen LogP contribution in [0.2, 0.25) is 0 Å². The van der Waals surface area contributed by atoms with E-state index in [4.69, 9.17) is 0 Å². The van der Waals surface area contributed by atoms with Crippen LogP contribution in [-0.4, -0.2) is 11.6 Å². The molecule has 0 aliphatic heterocycles. The molecule has 1 N–H and O–H groups in total. The van der Waals surface area contributed by atoms with E-state index in [9.17, 15) is 4.79 Å². The lowest BCUT2D eigenvalue weighted by atomic mass is 10.2. The number of aryl methyl sites for hydroxylation is 1. The van der Waals surface area contributed by atoms with Crippen LogP contribution in [0.3, 0.4) is 0 Å². The summed E-state index contributed by atoms with van der Waals surface area (Å²) in [6.07, 6.45) is 0. The molecule has 2 rings (SSSR count). The second kappa shape index (κ2) is 6.12. The maximum absolute atomic E-state index is 11.9. The fourth-order valence-electron chi connectivity index (χ4n) is 1.48. The van der Waals surface area contributed by atoms with E-state index in [2.05, 4.69) is 26.5 Å². The molecule has 1 amide bonds. The van der Waals surface area contributed by atoms with Gasteiger partial charge < -0.3 is 0 Å². The van der Waals surface area contributed by atoms with E-state index in [-0.39, 0.29) is 5.91 Å². The summed E-state index contributed by atoms with van der Waals surface area (Å²) in [7, 11) is 0. The fraction of sp³-hybridized carbons (Fsp3) is 0.143. The van der Waals surface area contributed by atoms with Gasteiger partial charge in [-0.05, 0) is 50.2 Å². The highest BCUT2D eigenvalue weighted by Crippen LogP contribution is 2.15. The van der Waals surface area contributed by atoms with Crippen molar-refractivity contribution in [3.8, 4) is 0 Å². The number of nitrogens with one attached hydrogen (secondary N) is 1. The maximum Gasteiger partial charge on any atom is 0.271 e. The van der Waals surface area contributed by atoms with Crippen molar-refractivity contribution in [3.63, 3.8) is 0 Å². The van der Waals surface area contributed by atoms with Crippen molar-refractivity contribution in [2.75, 3.05) is 0 Å². The van der Waals surface area contributed by atoms with Crippen LogP contribution in [0.4, 0.5) is 0 Å². The van der Waals surface area contributed by atoms with E-state index in [0.29, 0.717) is 5.56 Å². The first-order chi connectivity index (χ1) is 9.06. The van der Waals surface area contributed by atoms with Crippen molar-refractivity contribution in [2.24, 2.45) is 5.10 Å². The van der Waals surface area contributed by atoms with Crippen LogP contribution in [0.25, 0.3) is 0 Å². The van der Waals surface area contributed by atoms with E-state index in [1.807, 2.05) is 38.1 Å². The standard InChI is InChI=1S/C14H13BrN2OS/c1-9-3-8-13(19-9)10(2)16-17-14(18)11-4-6-12(15)7-5-11/h3-8H,1-2H3,(H,17,18)/b16-10+. The second-order valence-electron chi connectivity index (χ2n) is 4.06. The summed E-state index contributed by atoms with van der Waals surface area (Å²) in [5.74, 6) is -0.208. The Morgan fingerprint density at radius 3 is 2.47 bits per heavy atom. The minimum absolute atomic E-state index is 0.208. The lowest BCUT2D eigenvalue weighted by Gasteiger charge is -2.01. The third-order valence-electron chi connectivity index (χ3n) is 2.53. The normalized spacial score (nSPS) is 11.4. The van der Waals surface area contributed by atoms with Gasteiger partial charge in [-0.2, -0.15) is 5.10 Å². The zero-order valence-corrected chi connectivity index (χ0v) is 13.0. The first-order valence-electron chi connectivity index (χ1n) is 5.73. The topological polar surface area (TPSA) is 41.5 Å². The van der Waals surface area contributed by atoms with Crippen LogP contribution in [0, 0.1) is 6.92 Å². The average molecular weight is 337 g/mol. The number of thiophene rings is 1. The first kappa shape index (κ1) is 14.0. The molecule has 0 atom stereocenters. The molecule has 0 saturated carbocycles. The Morgan fingerprint density at radius 1 is 1.21 bits per heavy atom. The lowest BCUT2D eigenvalue weighted by molar-refractivity contribution is 0.0955. The van der Waals surface area contributed by atoms with Gasteiger partial charge in [-0.1, -0.05) is 15.9 Å². The second-order valence-corrected chi connectivity index (χ2v) is 6.26. The van der Waals surface area contributed by atoms with Gasteiger partial charge >= 0.3 is 0 Å². The Hall–Kier alpha value is -1.46. The first-order valence-corrected chi connectivity index (χ1v) is 7.34. The molecule has 0 radical (unpaired) electrons. The van der Waals surface area contributed by atoms with E-state index >= 15 is 0 Å². The van der Waals surface area contributed by atoms with Crippen molar-refractivity contribution >= 4 is 38.9 Å². The van der Waals surface area contributed by atoms with Gasteiger partial charge in [0.1, 0.15) is 0 Å². The molecule has 1 aromatic carbocycles. The summed E-state index contributed by atoms with van der Waals surface area (Å²) in [6.45, 7) is 3.93. The van der Waals surface area contributed by atoms with Crippen molar-refractivity contribution < 1.29 is 4.79 Å². The van der Waals surface area contributed by atoms with Crippen LogP contribution < -0.4 is 5.43 Å². The summed E-state index contributed by atoms with van der Waals surface area (Å²) >= 11 is 4.99. The molecular weight excluding hydrogens is 324 g/mol. The summed E-state index contributed by atoms with van der Waals surface area (Å²) in [6, 6.07) is 11.2. The highest BCUT2D eigenvalue weighted by molar-refractivity contribution is 9.10. The molecule has 0 saturated heterocycles. The number of rotatable bonds is 3. The Balaban J connectivity index is 2.05. The monoisotopic (exact) mass is 336 g/mol. The number of hydrogen-bond acceptors (Lipinski definition) is 3. The van der Waals surface area contributed by atoms with Gasteiger partial charge in [0, 0.05) is 14.9 Å².